The number of carboxylic acid groups (broad SMARTS) is 1. The van der Waals surface area contributed by atoms with E-state index >= 15 is 0 Å². The van der Waals surface area contributed by atoms with Crippen molar-refractivity contribution in [3.05, 3.63) is 0 Å². The average Bonchev–Trinajstić information content (AvgIpc) is 2.37. The molecule has 0 aromatic rings. The molecule has 1 aliphatic heterocycles. The van der Waals surface area contributed by atoms with Gasteiger partial charge in [0, 0.05) is 26.7 Å². The van der Waals surface area contributed by atoms with E-state index in [0.717, 1.165) is 0 Å². The number of carboxylic acids is 1. The van der Waals surface area contributed by atoms with E-state index < -0.39 is 12.1 Å². The zero-order valence-electron chi connectivity index (χ0n) is 11.2. The molecule has 2 amide bonds. The monoisotopic (exact) mass is 269 g/mol. The Hall–Kier alpha value is -1.81. The van der Waals surface area contributed by atoms with Gasteiger partial charge in [0.05, 0.1) is 31.1 Å². The van der Waals surface area contributed by atoms with E-state index in [1.165, 1.54) is 4.90 Å². The first kappa shape index (κ1) is 15.2. The minimum absolute atomic E-state index is 0.109. The molecule has 1 N–H and O–H groups in total. The van der Waals surface area contributed by atoms with Crippen LogP contribution in [0.2, 0.25) is 0 Å². The van der Waals surface area contributed by atoms with Crippen molar-refractivity contribution >= 4 is 12.0 Å². The van der Waals surface area contributed by atoms with Crippen LogP contribution in [-0.2, 0) is 9.53 Å². The largest absolute Gasteiger partial charge is 0.481 e. The summed E-state index contributed by atoms with van der Waals surface area (Å²) in [6.07, 6.45) is -0.570. The van der Waals surface area contributed by atoms with Crippen LogP contribution in [0.25, 0.3) is 0 Å². The Morgan fingerprint density at radius 1 is 1.63 bits per heavy atom. The smallest absolute Gasteiger partial charge is 0.319 e. The van der Waals surface area contributed by atoms with Gasteiger partial charge in [0.2, 0.25) is 0 Å². The number of ether oxygens (including phenoxy) is 1. The number of urea groups is 1. The predicted octanol–water partition coefficient (Wildman–Crippen LogP) is 0.373. The van der Waals surface area contributed by atoms with Crippen LogP contribution in [0.1, 0.15) is 13.3 Å². The first-order valence-electron chi connectivity index (χ1n) is 6.17. The second-order valence-electron chi connectivity index (χ2n) is 4.73. The number of nitrogens with zero attached hydrogens (tertiary/aromatic N) is 3. The molecule has 0 saturated carbocycles. The first-order chi connectivity index (χ1) is 8.93. The van der Waals surface area contributed by atoms with Gasteiger partial charge in [-0.05, 0) is 6.92 Å². The molecular weight excluding hydrogens is 250 g/mol. The third-order valence-electron chi connectivity index (χ3n) is 2.91. The van der Waals surface area contributed by atoms with Gasteiger partial charge in [-0.1, -0.05) is 0 Å². The maximum atomic E-state index is 12.1. The summed E-state index contributed by atoms with van der Waals surface area (Å²) in [7, 11) is 1.64. The van der Waals surface area contributed by atoms with Crippen molar-refractivity contribution in [3.63, 3.8) is 0 Å². The Morgan fingerprint density at radius 3 is 2.89 bits per heavy atom. The summed E-state index contributed by atoms with van der Waals surface area (Å²) in [6, 6.07) is 1.88. The highest BCUT2D eigenvalue weighted by Crippen LogP contribution is 2.11. The van der Waals surface area contributed by atoms with Crippen LogP contribution in [-0.4, -0.2) is 66.3 Å². The second-order valence-corrected chi connectivity index (χ2v) is 4.73. The fourth-order valence-corrected chi connectivity index (χ4v) is 1.98. The van der Waals surface area contributed by atoms with Crippen molar-refractivity contribution in [1.82, 2.24) is 9.80 Å². The predicted molar refractivity (Wildman–Crippen MR) is 66.4 cm³/mol. The Kier molecular flexibility index (Phi) is 5.57. The lowest BCUT2D eigenvalue weighted by molar-refractivity contribution is -0.141. The minimum atomic E-state index is -0.939. The van der Waals surface area contributed by atoms with Gasteiger partial charge in [0.15, 0.2) is 0 Å². The summed E-state index contributed by atoms with van der Waals surface area (Å²) in [5, 5.41) is 17.5. The van der Waals surface area contributed by atoms with E-state index in [-0.39, 0.29) is 24.9 Å². The Balaban J connectivity index is 2.52. The lowest BCUT2D eigenvalue weighted by Gasteiger charge is -2.35. The standard InChI is InChI=1S/C12H19N3O4/c1-9(6-13)7-14(2)12(18)15-3-4-19-10(8-15)5-11(16)17/h9-10H,3-5,7-8H2,1-2H3,(H,16,17). The molecule has 0 aromatic heterocycles. The molecule has 0 spiro atoms. The van der Waals surface area contributed by atoms with Crippen LogP contribution < -0.4 is 0 Å². The second kappa shape index (κ2) is 6.95. The van der Waals surface area contributed by atoms with Gasteiger partial charge in [-0.2, -0.15) is 5.26 Å². The van der Waals surface area contributed by atoms with Crippen molar-refractivity contribution in [2.45, 2.75) is 19.4 Å². The molecular formula is C12H19N3O4. The van der Waals surface area contributed by atoms with Crippen LogP contribution in [0, 0.1) is 17.2 Å². The fourth-order valence-electron chi connectivity index (χ4n) is 1.98. The summed E-state index contributed by atoms with van der Waals surface area (Å²) in [5.41, 5.74) is 0. The normalized spacial score (nSPS) is 20.5. The van der Waals surface area contributed by atoms with Crippen LogP contribution in [0.15, 0.2) is 0 Å². The van der Waals surface area contributed by atoms with E-state index in [1.54, 1.807) is 18.9 Å². The fraction of sp³-hybridized carbons (Fsp3) is 0.750. The van der Waals surface area contributed by atoms with Crippen molar-refractivity contribution in [1.29, 1.82) is 5.26 Å². The molecule has 1 aliphatic rings. The van der Waals surface area contributed by atoms with Gasteiger partial charge in [0.1, 0.15) is 0 Å². The average molecular weight is 269 g/mol. The summed E-state index contributed by atoms with van der Waals surface area (Å²) < 4.78 is 5.31. The van der Waals surface area contributed by atoms with E-state index in [2.05, 4.69) is 6.07 Å². The van der Waals surface area contributed by atoms with Crippen LogP contribution in [0.3, 0.4) is 0 Å². The Bertz CT molecular complexity index is 380. The number of carbonyl (C=O) groups is 2. The SMILES string of the molecule is CC(C#N)CN(C)C(=O)N1CCOC(CC(=O)O)C1. The van der Waals surface area contributed by atoms with Crippen LogP contribution >= 0.6 is 0 Å². The van der Waals surface area contributed by atoms with Gasteiger partial charge >= 0.3 is 12.0 Å². The maximum Gasteiger partial charge on any atom is 0.319 e. The zero-order valence-corrected chi connectivity index (χ0v) is 11.2. The summed E-state index contributed by atoms with van der Waals surface area (Å²) in [5.74, 6) is -1.17. The van der Waals surface area contributed by atoms with Gasteiger partial charge in [0.25, 0.3) is 0 Å². The number of rotatable bonds is 4. The third kappa shape index (κ3) is 4.75. The molecule has 106 valence electrons. The van der Waals surface area contributed by atoms with E-state index in [0.29, 0.717) is 19.7 Å². The number of hydrogen-bond acceptors (Lipinski definition) is 4. The molecule has 2 unspecified atom stereocenters. The third-order valence-corrected chi connectivity index (χ3v) is 2.91. The highest BCUT2D eigenvalue weighted by atomic mass is 16.5. The zero-order chi connectivity index (χ0) is 14.4. The number of hydrogen-bond donors (Lipinski definition) is 1. The quantitative estimate of drug-likeness (QED) is 0.796. The van der Waals surface area contributed by atoms with Crippen molar-refractivity contribution < 1.29 is 19.4 Å². The van der Waals surface area contributed by atoms with Gasteiger partial charge in [-0.3, -0.25) is 4.79 Å². The molecule has 0 bridgehead atoms. The van der Waals surface area contributed by atoms with Crippen molar-refractivity contribution in [2.24, 2.45) is 5.92 Å². The topological polar surface area (TPSA) is 93.9 Å². The molecule has 1 fully saturated rings. The van der Waals surface area contributed by atoms with Crippen LogP contribution in [0.4, 0.5) is 4.79 Å². The van der Waals surface area contributed by atoms with Crippen molar-refractivity contribution in [2.75, 3.05) is 33.3 Å². The molecule has 7 nitrogen and oxygen atoms in total. The molecule has 1 heterocycles. The summed E-state index contributed by atoms with van der Waals surface area (Å²) in [4.78, 5) is 25.8. The van der Waals surface area contributed by atoms with Crippen LogP contribution in [0.5, 0.6) is 0 Å². The maximum absolute atomic E-state index is 12.1. The highest BCUT2D eigenvalue weighted by Gasteiger charge is 2.27. The van der Waals surface area contributed by atoms with E-state index in [9.17, 15) is 9.59 Å². The van der Waals surface area contributed by atoms with Gasteiger partial charge < -0.3 is 19.6 Å². The molecule has 1 saturated heterocycles. The van der Waals surface area contributed by atoms with Crippen molar-refractivity contribution in [3.8, 4) is 6.07 Å². The molecule has 0 aromatic carbocycles. The Morgan fingerprint density at radius 2 is 2.32 bits per heavy atom. The van der Waals surface area contributed by atoms with E-state index in [4.69, 9.17) is 15.1 Å². The molecule has 0 radical (unpaired) electrons. The number of aliphatic carboxylic acids is 1. The first-order valence-corrected chi connectivity index (χ1v) is 6.17. The number of carbonyl (C=O) groups excluding carboxylic acids is 1. The summed E-state index contributed by atoms with van der Waals surface area (Å²) >= 11 is 0. The lowest BCUT2D eigenvalue weighted by Crippen LogP contribution is -2.51. The number of nitriles is 1. The molecule has 0 aliphatic carbocycles. The molecule has 1 rings (SSSR count). The number of amides is 2. The highest BCUT2D eigenvalue weighted by molar-refractivity contribution is 5.74. The minimum Gasteiger partial charge on any atom is -0.481 e. The molecule has 19 heavy (non-hydrogen) atoms. The lowest BCUT2D eigenvalue weighted by atomic mass is 10.2. The summed E-state index contributed by atoms with van der Waals surface area (Å²) in [6.45, 7) is 3.16. The number of morpholine rings is 1. The van der Waals surface area contributed by atoms with E-state index in [1.807, 2.05) is 0 Å². The van der Waals surface area contributed by atoms with Gasteiger partial charge in [-0.15, -0.1) is 0 Å². The molecule has 2 atom stereocenters. The van der Waals surface area contributed by atoms with Gasteiger partial charge in [-0.25, -0.2) is 4.79 Å². The molecule has 7 heteroatoms. The Labute approximate surface area is 112 Å².